The maximum atomic E-state index is 14.3. The number of ether oxygens (including phenoxy) is 1. The first-order valence-corrected chi connectivity index (χ1v) is 14.3. The zero-order valence-electron chi connectivity index (χ0n) is 23.6. The van der Waals surface area contributed by atoms with Gasteiger partial charge in [0.2, 0.25) is 5.43 Å². The van der Waals surface area contributed by atoms with Crippen LogP contribution in [-0.2, 0) is 19.6 Å². The Labute approximate surface area is 251 Å². The molecule has 1 unspecified atom stereocenters. The van der Waals surface area contributed by atoms with E-state index in [9.17, 15) is 27.6 Å². The summed E-state index contributed by atoms with van der Waals surface area (Å²) < 4.78 is 49.5. The molecule has 2 amide bonds. The molecule has 8 nitrogen and oxygen atoms in total. The lowest BCUT2D eigenvalue weighted by Gasteiger charge is -2.45. The van der Waals surface area contributed by atoms with E-state index in [4.69, 9.17) is 4.74 Å². The van der Waals surface area contributed by atoms with Crippen molar-refractivity contribution in [2.45, 2.75) is 38.6 Å². The lowest BCUT2D eigenvalue weighted by atomic mass is 10.1. The predicted molar refractivity (Wildman–Crippen MR) is 156 cm³/mol. The number of carbonyl (C=O) groups excluding carboxylic acids is 2. The number of fused-ring (bicyclic) bond motifs is 4. The predicted octanol–water partition coefficient (Wildman–Crippen LogP) is 4.53. The van der Waals surface area contributed by atoms with Crippen molar-refractivity contribution in [1.82, 2.24) is 14.9 Å². The van der Waals surface area contributed by atoms with Crippen molar-refractivity contribution < 1.29 is 27.5 Å². The largest absolute Gasteiger partial charge is 0.482 e. The van der Waals surface area contributed by atoms with Crippen LogP contribution in [0.2, 0.25) is 0 Å². The number of pyridine rings is 1. The normalized spacial score (nSPS) is 15.9. The lowest BCUT2D eigenvalue weighted by Crippen LogP contribution is -2.61. The molecule has 3 aromatic carbocycles. The highest BCUT2D eigenvalue weighted by Gasteiger charge is 2.42. The SMILES string of the molecule is O=C(NCc1c(F)cc(F)cc1F)c1cn2c(c(OCc3ccccc3)c1=O)C(=O)N1CCCCN2C1Cc1ccccc1. The van der Waals surface area contributed by atoms with Gasteiger partial charge >= 0.3 is 0 Å². The lowest BCUT2D eigenvalue weighted by molar-refractivity contribution is 0.0586. The molecule has 0 saturated carbocycles. The summed E-state index contributed by atoms with van der Waals surface area (Å²) in [7, 11) is 0. The molecule has 1 aromatic heterocycles. The van der Waals surface area contributed by atoms with Crippen LogP contribution < -0.4 is 20.5 Å². The fourth-order valence-electron chi connectivity index (χ4n) is 5.69. The number of nitrogens with zero attached hydrogens (tertiary/aromatic N) is 3. The van der Waals surface area contributed by atoms with E-state index in [-0.39, 0.29) is 23.6 Å². The van der Waals surface area contributed by atoms with Gasteiger partial charge in [0.1, 0.15) is 35.8 Å². The Bertz CT molecular complexity index is 1740. The minimum absolute atomic E-state index is 0.00400. The van der Waals surface area contributed by atoms with E-state index < -0.39 is 53.0 Å². The molecule has 2 aliphatic rings. The van der Waals surface area contributed by atoms with Crippen LogP contribution >= 0.6 is 0 Å². The van der Waals surface area contributed by atoms with Crippen LogP contribution in [0.3, 0.4) is 0 Å². The molecule has 44 heavy (non-hydrogen) atoms. The second kappa shape index (κ2) is 12.3. The number of hydrogen-bond donors (Lipinski definition) is 1. The molecular formula is C33H29F3N4O4. The minimum atomic E-state index is -1.17. The van der Waals surface area contributed by atoms with Crippen LogP contribution in [0.4, 0.5) is 13.2 Å². The summed E-state index contributed by atoms with van der Waals surface area (Å²) in [5.41, 5.74) is -0.00838. The van der Waals surface area contributed by atoms with Crippen LogP contribution in [-0.4, -0.2) is 40.6 Å². The van der Waals surface area contributed by atoms with E-state index in [2.05, 4.69) is 5.32 Å². The second-order valence-electron chi connectivity index (χ2n) is 10.7. The summed E-state index contributed by atoms with van der Waals surface area (Å²) in [4.78, 5) is 43.1. The first kappa shape index (κ1) is 29.0. The van der Waals surface area contributed by atoms with Crippen LogP contribution in [0.1, 0.15) is 50.4 Å². The standard InChI is InChI=1S/C33H29F3N4O4/c34-23-16-26(35)24(27(36)17-23)18-37-32(42)25-19-40-29(31(30(25)41)44-20-22-11-5-2-6-12-22)33(43)38-13-7-8-14-39(40)28(38)15-21-9-3-1-4-10-21/h1-6,9-12,16-17,19,28H,7-8,13-15,18,20H2,(H,37,42). The van der Waals surface area contributed by atoms with Crippen molar-refractivity contribution in [2.75, 3.05) is 18.1 Å². The molecule has 3 heterocycles. The topological polar surface area (TPSA) is 83.9 Å². The number of aromatic nitrogens is 1. The van der Waals surface area contributed by atoms with Gasteiger partial charge in [-0.05, 0) is 24.0 Å². The first-order valence-electron chi connectivity index (χ1n) is 14.3. The average Bonchev–Trinajstić information content (AvgIpc) is 3.18. The third kappa shape index (κ3) is 5.64. The first-order chi connectivity index (χ1) is 21.3. The van der Waals surface area contributed by atoms with E-state index in [0.717, 1.165) is 24.0 Å². The van der Waals surface area contributed by atoms with Crippen LogP contribution in [0.25, 0.3) is 0 Å². The molecule has 0 radical (unpaired) electrons. The molecule has 1 N–H and O–H groups in total. The third-order valence-corrected chi connectivity index (χ3v) is 7.89. The van der Waals surface area contributed by atoms with Gasteiger partial charge in [0.15, 0.2) is 11.4 Å². The van der Waals surface area contributed by atoms with E-state index in [0.29, 0.717) is 31.6 Å². The van der Waals surface area contributed by atoms with E-state index in [1.165, 1.54) is 10.9 Å². The van der Waals surface area contributed by atoms with Gasteiger partial charge in [-0.25, -0.2) is 13.2 Å². The van der Waals surface area contributed by atoms with Crippen LogP contribution in [0.15, 0.2) is 83.8 Å². The van der Waals surface area contributed by atoms with Gasteiger partial charge in [0.25, 0.3) is 11.8 Å². The molecule has 6 rings (SSSR count). The fourth-order valence-corrected chi connectivity index (χ4v) is 5.69. The van der Waals surface area contributed by atoms with Gasteiger partial charge in [-0.2, -0.15) is 0 Å². The molecule has 4 aromatic rings. The molecule has 11 heteroatoms. The Morgan fingerprint density at radius 2 is 1.52 bits per heavy atom. The molecule has 2 bridgehead atoms. The second-order valence-corrected chi connectivity index (χ2v) is 10.7. The zero-order chi connectivity index (χ0) is 30.8. The number of amides is 2. The Morgan fingerprint density at radius 1 is 0.886 bits per heavy atom. The molecule has 1 atom stereocenters. The van der Waals surface area contributed by atoms with Crippen LogP contribution in [0, 0.1) is 17.5 Å². The van der Waals surface area contributed by atoms with E-state index in [1.807, 2.05) is 53.5 Å². The molecule has 0 aliphatic carbocycles. The number of hydrogen-bond acceptors (Lipinski definition) is 5. The van der Waals surface area contributed by atoms with E-state index >= 15 is 0 Å². The number of benzene rings is 3. The van der Waals surface area contributed by atoms with Crippen molar-refractivity contribution in [3.05, 3.63) is 135 Å². The number of nitrogens with one attached hydrogen (secondary N) is 1. The molecule has 1 fully saturated rings. The summed E-state index contributed by atoms with van der Waals surface area (Å²) in [6.07, 6.45) is 2.89. The molecule has 2 aliphatic heterocycles. The van der Waals surface area contributed by atoms with Crippen molar-refractivity contribution in [3.63, 3.8) is 0 Å². The van der Waals surface area contributed by atoms with Crippen molar-refractivity contribution in [2.24, 2.45) is 0 Å². The highest BCUT2D eigenvalue weighted by molar-refractivity contribution is 5.99. The Balaban J connectivity index is 1.42. The monoisotopic (exact) mass is 602 g/mol. The summed E-state index contributed by atoms with van der Waals surface area (Å²) in [6, 6.07) is 19.8. The molecular weight excluding hydrogens is 573 g/mol. The van der Waals surface area contributed by atoms with E-state index in [1.54, 1.807) is 17.0 Å². The van der Waals surface area contributed by atoms with Crippen molar-refractivity contribution in [1.29, 1.82) is 0 Å². The summed E-state index contributed by atoms with van der Waals surface area (Å²) in [6.45, 7) is 0.338. The van der Waals surface area contributed by atoms with Gasteiger partial charge in [-0.3, -0.25) is 24.1 Å². The van der Waals surface area contributed by atoms with Crippen molar-refractivity contribution in [3.8, 4) is 5.75 Å². The van der Waals surface area contributed by atoms with Gasteiger partial charge in [0, 0.05) is 49.9 Å². The maximum Gasteiger partial charge on any atom is 0.278 e. The maximum absolute atomic E-state index is 14.3. The highest BCUT2D eigenvalue weighted by atomic mass is 19.1. The number of halogens is 3. The summed E-state index contributed by atoms with van der Waals surface area (Å²) in [5.74, 6) is -5.05. The zero-order valence-corrected chi connectivity index (χ0v) is 23.6. The quantitative estimate of drug-likeness (QED) is 0.321. The van der Waals surface area contributed by atoms with Gasteiger partial charge in [0.05, 0.1) is 0 Å². The van der Waals surface area contributed by atoms with Gasteiger partial charge < -0.3 is 15.0 Å². The highest BCUT2D eigenvalue weighted by Crippen LogP contribution is 2.30. The molecule has 0 spiro atoms. The summed E-state index contributed by atoms with van der Waals surface area (Å²) >= 11 is 0. The Kier molecular flexibility index (Phi) is 8.10. The number of carbonyl (C=O) groups is 2. The number of rotatable bonds is 8. The van der Waals surface area contributed by atoms with Gasteiger partial charge in [-0.15, -0.1) is 0 Å². The minimum Gasteiger partial charge on any atom is -0.482 e. The summed E-state index contributed by atoms with van der Waals surface area (Å²) in [5, 5.41) is 4.32. The molecule has 1 saturated heterocycles. The fraction of sp³-hybridized carbons (Fsp3) is 0.242. The van der Waals surface area contributed by atoms with Crippen LogP contribution in [0.5, 0.6) is 5.75 Å². The van der Waals surface area contributed by atoms with Crippen molar-refractivity contribution >= 4 is 11.8 Å². The Hall–Kier alpha value is -5.06. The third-order valence-electron chi connectivity index (χ3n) is 7.89. The smallest absolute Gasteiger partial charge is 0.278 e. The molecule has 226 valence electrons. The Morgan fingerprint density at radius 3 is 2.20 bits per heavy atom. The van der Waals surface area contributed by atoms with Gasteiger partial charge in [-0.1, -0.05) is 60.7 Å². The average molecular weight is 603 g/mol.